The molecule has 21 heavy (non-hydrogen) atoms. The van der Waals surface area contributed by atoms with Gasteiger partial charge in [0.05, 0.1) is 5.38 Å². The molecule has 0 heterocycles. The second kappa shape index (κ2) is 8.38. The van der Waals surface area contributed by atoms with Gasteiger partial charge in [0, 0.05) is 0 Å². The Kier molecular flexibility index (Phi) is 6.50. The molecule has 0 saturated heterocycles. The number of alkyl halides is 1. The Morgan fingerprint density at radius 1 is 1.19 bits per heavy atom. The van der Waals surface area contributed by atoms with Crippen molar-refractivity contribution in [2.24, 2.45) is 0 Å². The molecular weight excluding hydrogens is 280 g/mol. The van der Waals surface area contributed by atoms with Crippen LogP contribution in [-0.4, -0.2) is 11.2 Å². The predicted molar refractivity (Wildman–Crippen MR) is 90.8 cm³/mol. The summed E-state index contributed by atoms with van der Waals surface area (Å²) in [6, 6.07) is 8.61. The minimum atomic E-state index is -0.317. The minimum absolute atomic E-state index is 0.117. The van der Waals surface area contributed by atoms with Crippen molar-refractivity contribution in [1.29, 1.82) is 0 Å². The molecule has 2 rings (SSSR count). The van der Waals surface area contributed by atoms with Gasteiger partial charge < -0.3 is 0 Å². The summed E-state index contributed by atoms with van der Waals surface area (Å²) < 4.78 is 0. The Bertz CT molecular complexity index is 487. The lowest BCUT2D eigenvalue weighted by molar-refractivity contribution is -0.116. The first-order chi connectivity index (χ1) is 10.2. The molecule has 0 bridgehead atoms. The van der Waals surface area contributed by atoms with E-state index in [1.807, 2.05) is 6.08 Å². The van der Waals surface area contributed by atoms with E-state index in [1.54, 1.807) is 0 Å². The van der Waals surface area contributed by atoms with Gasteiger partial charge in [0.2, 0.25) is 0 Å². The molecule has 0 spiro atoms. The smallest absolute Gasteiger partial charge is 0.176 e. The topological polar surface area (TPSA) is 17.1 Å². The van der Waals surface area contributed by atoms with Crippen LogP contribution >= 0.6 is 11.6 Å². The summed E-state index contributed by atoms with van der Waals surface area (Å²) >= 11 is 6.05. The van der Waals surface area contributed by atoms with E-state index in [-0.39, 0.29) is 11.2 Å². The third-order valence-corrected chi connectivity index (χ3v) is 4.56. The lowest BCUT2D eigenvalue weighted by Gasteiger charge is -2.17. The van der Waals surface area contributed by atoms with Gasteiger partial charge in [-0.25, -0.2) is 0 Å². The summed E-state index contributed by atoms with van der Waals surface area (Å²) in [5, 5.41) is -0.317. The molecule has 1 saturated carbocycles. The van der Waals surface area contributed by atoms with Crippen molar-refractivity contribution in [3.05, 3.63) is 41.0 Å². The number of halogens is 1. The van der Waals surface area contributed by atoms with Crippen LogP contribution < -0.4 is 0 Å². The van der Waals surface area contributed by atoms with Crippen LogP contribution in [0.2, 0.25) is 0 Å². The first-order valence-corrected chi connectivity index (χ1v) is 8.62. The lowest BCUT2D eigenvalue weighted by atomic mass is 9.91. The summed E-state index contributed by atoms with van der Waals surface area (Å²) in [7, 11) is 0. The molecule has 1 aromatic carbocycles. The van der Waals surface area contributed by atoms with Gasteiger partial charge >= 0.3 is 0 Å². The number of carbonyl (C=O) groups excluding carboxylic acids is 1. The van der Waals surface area contributed by atoms with E-state index in [4.69, 9.17) is 11.6 Å². The molecule has 1 atom stereocenters. The standard InChI is InChI=1S/C19H25ClO/c1-2-3-4-5-7-15-10-12-16(13-11-15)14-17-8-6-9-18(20)19(17)21/h10-14,18H,2-9H2,1H3. The molecule has 0 radical (unpaired) electrons. The molecule has 0 aromatic heterocycles. The maximum absolute atomic E-state index is 12.0. The van der Waals surface area contributed by atoms with Crippen LogP contribution in [0.3, 0.4) is 0 Å². The molecule has 114 valence electrons. The number of hydrogen-bond acceptors (Lipinski definition) is 1. The lowest BCUT2D eigenvalue weighted by Crippen LogP contribution is -2.21. The SMILES string of the molecule is CCCCCCc1ccc(C=C2CCCC(Cl)C2=O)cc1. The van der Waals surface area contributed by atoms with Crippen molar-refractivity contribution in [2.45, 2.75) is 63.7 Å². The zero-order valence-corrected chi connectivity index (χ0v) is 13.7. The van der Waals surface area contributed by atoms with Gasteiger partial charge in [0.1, 0.15) is 0 Å². The molecule has 1 aliphatic rings. The molecular formula is C19H25ClO. The Hall–Kier alpha value is -1.08. The fourth-order valence-corrected chi connectivity index (χ4v) is 3.10. The van der Waals surface area contributed by atoms with Crippen molar-refractivity contribution in [1.82, 2.24) is 0 Å². The van der Waals surface area contributed by atoms with Gasteiger partial charge in [-0.15, -0.1) is 11.6 Å². The fourth-order valence-electron chi connectivity index (χ4n) is 2.81. The van der Waals surface area contributed by atoms with Crippen LogP contribution in [0.15, 0.2) is 29.8 Å². The second-order valence-electron chi connectivity index (χ2n) is 5.95. The van der Waals surface area contributed by atoms with E-state index < -0.39 is 0 Å². The van der Waals surface area contributed by atoms with Crippen LogP contribution in [0, 0.1) is 0 Å². The predicted octanol–water partition coefficient (Wildman–Crippen LogP) is 5.55. The number of carbonyl (C=O) groups is 1. The number of unbranched alkanes of at least 4 members (excludes halogenated alkanes) is 3. The maximum Gasteiger partial charge on any atom is 0.176 e. The summed E-state index contributed by atoms with van der Waals surface area (Å²) in [5.74, 6) is 0.117. The van der Waals surface area contributed by atoms with Gasteiger partial charge in [0.25, 0.3) is 0 Å². The normalized spacial score (nSPS) is 21.0. The van der Waals surface area contributed by atoms with Crippen molar-refractivity contribution in [2.75, 3.05) is 0 Å². The highest BCUT2D eigenvalue weighted by molar-refractivity contribution is 6.34. The van der Waals surface area contributed by atoms with Crippen molar-refractivity contribution in [3.8, 4) is 0 Å². The van der Waals surface area contributed by atoms with Crippen molar-refractivity contribution >= 4 is 23.5 Å². The number of aryl methyl sites for hydroxylation is 1. The highest BCUT2D eigenvalue weighted by Gasteiger charge is 2.24. The fraction of sp³-hybridized carbons (Fsp3) is 0.526. The van der Waals surface area contributed by atoms with E-state index in [2.05, 4.69) is 31.2 Å². The molecule has 2 heteroatoms. The zero-order chi connectivity index (χ0) is 15.1. The minimum Gasteiger partial charge on any atom is -0.293 e. The third kappa shape index (κ3) is 5.00. The number of allylic oxidation sites excluding steroid dienone is 1. The van der Waals surface area contributed by atoms with Crippen LogP contribution in [-0.2, 0) is 11.2 Å². The van der Waals surface area contributed by atoms with Gasteiger partial charge in [0.15, 0.2) is 5.78 Å². The number of Topliss-reactive ketones (excluding diaryl/α,β-unsaturated/α-hetero) is 1. The molecule has 0 N–H and O–H groups in total. The average molecular weight is 305 g/mol. The van der Waals surface area contributed by atoms with Crippen LogP contribution in [0.1, 0.15) is 63.0 Å². The molecule has 1 aromatic rings. The van der Waals surface area contributed by atoms with Crippen LogP contribution in [0.25, 0.3) is 6.08 Å². The van der Waals surface area contributed by atoms with E-state index in [1.165, 1.54) is 31.2 Å². The molecule has 1 unspecified atom stereocenters. The molecule has 1 aliphatic carbocycles. The number of rotatable bonds is 6. The quantitative estimate of drug-likeness (QED) is 0.382. The van der Waals surface area contributed by atoms with Gasteiger partial charge in [-0.05, 0) is 54.9 Å². The van der Waals surface area contributed by atoms with Gasteiger partial charge in [-0.2, -0.15) is 0 Å². The molecule has 1 nitrogen and oxygen atoms in total. The van der Waals surface area contributed by atoms with Crippen LogP contribution in [0.5, 0.6) is 0 Å². The Labute approximate surface area is 133 Å². The van der Waals surface area contributed by atoms with Crippen molar-refractivity contribution < 1.29 is 4.79 Å². The third-order valence-electron chi connectivity index (χ3n) is 4.14. The van der Waals surface area contributed by atoms with E-state index in [0.717, 1.165) is 36.8 Å². The summed E-state index contributed by atoms with van der Waals surface area (Å²) in [6.45, 7) is 2.24. The highest BCUT2D eigenvalue weighted by Crippen LogP contribution is 2.26. The number of hydrogen-bond donors (Lipinski definition) is 0. The first kappa shape index (κ1) is 16.3. The average Bonchev–Trinajstić information content (AvgIpc) is 2.50. The number of benzene rings is 1. The van der Waals surface area contributed by atoms with E-state index in [9.17, 15) is 4.79 Å². The summed E-state index contributed by atoms with van der Waals surface area (Å²) in [4.78, 5) is 12.0. The molecule has 0 amide bonds. The zero-order valence-electron chi connectivity index (χ0n) is 12.9. The van der Waals surface area contributed by atoms with E-state index in [0.29, 0.717) is 0 Å². The molecule has 1 fully saturated rings. The Morgan fingerprint density at radius 3 is 2.67 bits per heavy atom. The Morgan fingerprint density at radius 2 is 1.95 bits per heavy atom. The van der Waals surface area contributed by atoms with Gasteiger partial charge in [-0.1, -0.05) is 50.5 Å². The second-order valence-corrected chi connectivity index (χ2v) is 6.47. The number of ketones is 1. The summed E-state index contributed by atoms with van der Waals surface area (Å²) in [5.41, 5.74) is 3.39. The highest BCUT2D eigenvalue weighted by atomic mass is 35.5. The maximum atomic E-state index is 12.0. The Balaban J connectivity index is 1.94. The molecule has 0 aliphatic heterocycles. The van der Waals surface area contributed by atoms with Crippen LogP contribution in [0.4, 0.5) is 0 Å². The van der Waals surface area contributed by atoms with E-state index >= 15 is 0 Å². The van der Waals surface area contributed by atoms with Crippen molar-refractivity contribution in [3.63, 3.8) is 0 Å². The monoisotopic (exact) mass is 304 g/mol. The van der Waals surface area contributed by atoms with Gasteiger partial charge in [-0.3, -0.25) is 4.79 Å². The summed E-state index contributed by atoms with van der Waals surface area (Å²) in [6.07, 6.45) is 11.0. The largest absolute Gasteiger partial charge is 0.293 e. The first-order valence-electron chi connectivity index (χ1n) is 8.18.